The van der Waals surface area contributed by atoms with Gasteiger partial charge in [-0.05, 0) is 55.2 Å². The predicted molar refractivity (Wildman–Crippen MR) is 107 cm³/mol. The van der Waals surface area contributed by atoms with Crippen molar-refractivity contribution in [2.24, 2.45) is 11.8 Å². The van der Waals surface area contributed by atoms with Gasteiger partial charge in [-0.3, -0.25) is 9.59 Å². The number of alkyl halides is 3. The van der Waals surface area contributed by atoms with Crippen molar-refractivity contribution in [2.75, 3.05) is 0 Å². The molecule has 0 heterocycles. The molecule has 0 aromatic heterocycles. The van der Waals surface area contributed by atoms with Crippen molar-refractivity contribution in [1.29, 1.82) is 0 Å². The topological polar surface area (TPSA) is 107 Å². The van der Waals surface area contributed by atoms with E-state index in [-0.39, 0.29) is 31.7 Å². The van der Waals surface area contributed by atoms with Crippen molar-refractivity contribution in [3.63, 3.8) is 0 Å². The van der Waals surface area contributed by atoms with Crippen LogP contribution in [0, 0.1) is 11.8 Å². The molecule has 0 spiro atoms. The number of amides is 1. The number of rotatable bonds is 10. The van der Waals surface area contributed by atoms with Crippen molar-refractivity contribution in [2.45, 2.75) is 63.5 Å². The third kappa shape index (κ3) is 7.99. The van der Waals surface area contributed by atoms with Crippen molar-refractivity contribution in [3.05, 3.63) is 47.5 Å². The molecule has 0 bridgehead atoms. The average molecular weight is 443 g/mol. The van der Waals surface area contributed by atoms with Crippen LogP contribution in [0.5, 0.6) is 0 Å². The first-order valence-electron chi connectivity index (χ1n) is 10.2. The second kappa shape index (κ2) is 11.3. The lowest BCUT2D eigenvalue weighted by Crippen LogP contribution is -2.31. The summed E-state index contributed by atoms with van der Waals surface area (Å²) in [5.74, 6) is -2.07. The fraction of sp³-hybridized carbons (Fsp3) is 0.545. The molecule has 9 heteroatoms. The minimum Gasteiger partial charge on any atom is -0.481 e. The maximum atomic E-state index is 12.8. The van der Waals surface area contributed by atoms with E-state index < -0.39 is 41.7 Å². The number of nitrogens with one attached hydrogen (secondary N) is 1. The highest BCUT2D eigenvalue weighted by molar-refractivity contribution is 5.76. The van der Waals surface area contributed by atoms with Gasteiger partial charge in [0.1, 0.15) is 0 Å². The van der Waals surface area contributed by atoms with Crippen LogP contribution in [0.15, 0.2) is 36.4 Å². The number of halogens is 3. The first-order valence-corrected chi connectivity index (χ1v) is 10.2. The van der Waals surface area contributed by atoms with Gasteiger partial charge >= 0.3 is 12.1 Å². The van der Waals surface area contributed by atoms with Crippen LogP contribution < -0.4 is 5.32 Å². The summed E-state index contributed by atoms with van der Waals surface area (Å²) in [7, 11) is 0. The zero-order valence-electron chi connectivity index (χ0n) is 17.0. The Kier molecular flexibility index (Phi) is 9.06. The fourth-order valence-electron chi connectivity index (χ4n) is 3.87. The lowest BCUT2D eigenvalue weighted by molar-refractivity contribution is -0.138. The van der Waals surface area contributed by atoms with Crippen LogP contribution in [-0.2, 0) is 22.3 Å². The molecule has 2 rings (SSSR count). The van der Waals surface area contributed by atoms with Gasteiger partial charge in [0.25, 0.3) is 0 Å². The number of aliphatic carboxylic acids is 1. The second-order valence-electron chi connectivity index (χ2n) is 7.87. The van der Waals surface area contributed by atoms with Gasteiger partial charge in [-0.15, -0.1) is 0 Å². The largest absolute Gasteiger partial charge is 0.481 e. The van der Waals surface area contributed by atoms with Crippen LogP contribution in [0.25, 0.3) is 0 Å². The summed E-state index contributed by atoms with van der Waals surface area (Å²) in [6.45, 7) is -0.0672. The molecule has 0 saturated heterocycles. The summed E-state index contributed by atoms with van der Waals surface area (Å²) in [5, 5.41) is 31.7. The Labute approximate surface area is 178 Å². The van der Waals surface area contributed by atoms with Crippen molar-refractivity contribution < 1.29 is 38.1 Å². The van der Waals surface area contributed by atoms with E-state index in [4.69, 9.17) is 5.11 Å². The number of carboxylic acid groups (broad SMARTS) is 1. The van der Waals surface area contributed by atoms with Gasteiger partial charge in [0.2, 0.25) is 5.91 Å². The molecule has 1 aliphatic carbocycles. The van der Waals surface area contributed by atoms with Crippen LogP contribution in [0.1, 0.15) is 49.7 Å². The molecule has 1 amide bonds. The maximum absolute atomic E-state index is 12.8. The van der Waals surface area contributed by atoms with Crippen molar-refractivity contribution in [3.8, 4) is 0 Å². The smallest absolute Gasteiger partial charge is 0.416 e. The van der Waals surface area contributed by atoms with Gasteiger partial charge in [-0.1, -0.05) is 24.3 Å². The molecule has 1 saturated carbocycles. The van der Waals surface area contributed by atoms with E-state index in [1.54, 1.807) is 0 Å². The van der Waals surface area contributed by atoms with Crippen LogP contribution in [0.2, 0.25) is 0 Å². The SMILES string of the molecule is O=C(O)CCCC=CC[C@@H]1[C@H](CC(=O)NCc2cccc(C(F)(F)F)c2)[C@H](O)C[C@@H]1O. The van der Waals surface area contributed by atoms with E-state index in [1.807, 2.05) is 12.2 Å². The molecule has 1 fully saturated rings. The predicted octanol–water partition coefficient (Wildman–Crippen LogP) is 3.27. The number of aliphatic hydroxyl groups excluding tert-OH is 2. The molecule has 0 unspecified atom stereocenters. The molecule has 1 aliphatic rings. The quantitative estimate of drug-likeness (QED) is 0.328. The number of aliphatic hydroxyl groups is 2. The Hall–Kier alpha value is -2.39. The lowest BCUT2D eigenvalue weighted by atomic mass is 9.87. The highest BCUT2D eigenvalue weighted by Crippen LogP contribution is 2.37. The van der Waals surface area contributed by atoms with E-state index in [2.05, 4.69) is 5.32 Å². The lowest BCUT2D eigenvalue weighted by Gasteiger charge is -2.22. The van der Waals surface area contributed by atoms with E-state index in [1.165, 1.54) is 12.1 Å². The Bertz CT molecular complexity index is 781. The number of carbonyl (C=O) groups excluding carboxylic acids is 1. The summed E-state index contributed by atoms with van der Waals surface area (Å²) in [4.78, 5) is 22.8. The van der Waals surface area contributed by atoms with E-state index >= 15 is 0 Å². The first-order chi connectivity index (χ1) is 14.6. The third-order valence-corrected chi connectivity index (χ3v) is 5.52. The summed E-state index contributed by atoms with van der Waals surface area (Å²) < 4.78 is 38.4. The first kappa shape index (κ1) is 24.9. The fourth-order valence-corrected chi connectivity index (χ4v) is 3.87. The minimum absolute atomic E-state index is 0.0469. The van der Waals surface area contributed by atoms with E-state index in [0.29, 0.717) is 24.8 Å². The Morgan fingerprint density at radius 3 is 2.52 bits per heavy atom. The standard InChI is InChI=1S/C22H28F3NO5/c23-22(24,25)15-7-5-6-14(10-15)13-26-20(29)11-17-16(18(27)12-19(17)28)8-3-1-2-4-9-21(30)31/h1,3,5-7,10,16-19,27-28H,2,4,8-9,11-13H2,(H,26,29)(H,30,31)/t16-,17+,18+,19-/m1/s1. The number of benzene rings is 1. The number of hydrogen-bond donors (Lipinski definition) is 4. The minimum atomic E-state index is -4.46. The Morgan fingerprint density at radius 2 is 1.84 bits per heavy atom. The molecule has 1 aromatic rings. The van der Waals surface area contributed by atoms with Gasteiger partial charge < -0.3 is 20.6 Å². The van der Waals surface area contributed by atoms with Gasteiger partial charge in [0.15, 0.2) is 0 Å². The van der Waals surface area contributed by atoms with Gasteiger partial charge in [-0.25, -0.2) is 0 Å². The summed E-state index contributed by atoms with van der Waals surface area (Å²) in [5.41, 5.74) is -0.472. The molecule has 31 heavy (non-hydrogen) atoms. The zero-order valence-corrected chi connectivity index (χ0v) is 17.0. The molecular formula is C22H28F3NO5. The number of unbranched alkanes of at least 4 members (excludes halogenated alkanes) is 1. The Morgan fingerprint density at radius 1 is 1.13 bits per heavy atom. The monoisotopic (exact) mass is 443 g/mol. The molecular weight excluding hydrogens is 415 g/mol. The van der Waals surface area contributed by atoms with Crippen molar-refractivity contribution >= 4 is 11.9 Å². The number of hydrogen-bond acceptors (Lipinski definition) is 4. The maximum Gasteiger partial charge on any atom is 0.416 e. The highest BCUT2D eigenvalue weighted by atomic mass is 19.4. The number of carbonyl (C=O) groups is 2. The molecule has 4 N–H and O–H groups in total. The molecule has 0 aliphatic heterocycles. The van der Waals surface area contributed by atoms with Crippen LogP contribution >= 0.6 is 0 Å². The van der Waals surface area contributed by atoms with Gasteiger partial charge in [0.05, 0.1) is 17.8 Å². The Balaban J connectivity index is 1.86. The van der Waals surface area contributed by atoms with E-state index in [9.17, 15) is 33.0 Å². The van der Waals surface area contributed by atoms with E-state index in [0.717, 1.165) is 12.1 Å². The molecule has 6 nitrogen and oxygen atoms in total. The number of allylic oxidation sites excluding steroid dienone is 2. The van der Waals surface area contributed by atoms with Crippen molar-refractivity contribution in [1.82, 2.24) is 5.32 Å². The highest BCUT2D eigenvalue weighted by Gasteiger charge is 2.41. The third-order valence-electron chi connectivity index (χ3n) is 5.52. The van der Waals surface area contributed by atoms with Crippen LogP contribution in [-0.4, -0.2) is 39.4 Å². The van der Waals surface area contributed by atoms with Gasteiger partial charge in [-0.2, -0.15) is 13.2 Å². The summed E-state index contributed by atoms with van der Waals surface area (Å²) in [6.07, 6.45) is -0.716. The summed E-state index contributed by atoms with van der Waals surface area (Å²) >= 11 is 0. The van der Waals surface area contributed by atoms with Crippen LogP contribution in [0.3, 0.4) is 0 Å². The average Bonchev–Trinajstić information content (AvgIpc) is 2.95. The van der Waals surface area contributed by atoms with Crippen LogP contribution in [0.4, 0.5) is 13.2 Å². The summed E-state index contributed by atoms with van der Waals surface area (Å²) in [6, 6.07) is 4.70. The zero-order chi connectivity index (χ0) is 23.0. The molecule has 172 valence electrons. The van der Waals surface area contributed by atoms with Gasteiger partial charge in [0, 0.05) is 19.4 Å². The molecule has 0 radical (unpaired) electrons. The molecule has 1 aromatic carbocycles. The normalized spacial score (nSPS) is 23.9. The number of carboxylic acids is 1. The molecule has 4 atom stereocenters. The second-order valence-corrected chi connectivity index (χ2v) is 7.87.